The molecule has 1 saturated heterocycles. The van der Waals surface area contributed by atoms with Gasteiger partial charge in [-0.1, -0.05) is 6.07 Å². The molecule has 21 heavy (non-hydrogen) atoms. The summed E-state index contributed by atoms with van der Waals surface area (Å²) < 4.78 is 4.47. The van der Waals surface area contributed by atoms with Crippen LogP contribution >= 0.6 is 0 Å². The van der Waals surface area contributed by atoms with E-state index in [0.717, 1.165) is 0 Å². The molecule has 7 heteroatoms. The van der Waals surface area contributed by atoms with E-state index in [1.807, 2.05) is 0 Å². The third kappa shape index (κ3) is 3.57. The molecule has 112 valence electrons. The number of nitro groups is 1. The van der Waals surface area contributed by atoms with E-state index in [0.29, 0.717) is 30.8 Å². The predicted octanol–water partition coefficient (Wildman–Crippen LogP) is 1.35. The number of hydrogen-bond donors (Lipinski definition) is 1. The second-order valence-electron chi connectivity index (χ2n) is 4.75. The Hall–Kier alpha value is -2.41. The molecule has 0 bridgehead atoms. The summed E-state index contributed by atoms with van der Waals surface area (Å²) in [6, 6.07) is 4.72. The Balaban J connectivity index is 2.29. The first kappa shape index (κ1) is 15.0. The van der Waals surface area contributed by atoms with Gasteiger partial charge in [-0.2, -0.15) is 0 Å². The van der Waals surface area contributed by atoms with Crippen molar-refractivity contribution in [2.24, 2.45) is 0 Å². The van der Waals surface area contributed by atoms with Gasteiger partial charge in [0.05, 0.1) is 18.1 Å². The number of hydrogen-bond acceptors (Lipinski definition) is 6. The zero-order valence-electron chi connectivity index (χ0n) is 11.6. The highest BCUT2D eigenvalue weighted by atomic mass is 16.6. The summed E-state index contributed by atoms with van der Waals surface area (Å²) in [5, 5.41) is 20.8. The number of ether oxygens (including phenoxy) is 1. The summed E-state index contributed by atoms with van der Waals surface area (Å²) in [4.78, 5) is 23.6. The lowest BCUT2D eigenvalue weighted by molar-refractivity contribution is -0.384. The summed E-state index contributed by atoms with van der Waals surface area (Å²) in [6.07, 6.45) is 2.81. The third-order valence-corrected chi connectivity index (χ3v) is 3.31. The smallest absolute Gasteiger partial charge is 0.330 e. The average molecular weight is 292 g/mol. The van der Waals surface area contributed by atoms with E-state index in [1.54, 1.807) is 17.0 Å². The second kappa shape index (κ2) is 6.36. The molecule has 0 spiro atoms. The summed E-state index contributed by atoms with van der Waals surface area (Å²) >= 11 is 0. The lowest BCUT2D eigenvalue weighted by atomic mass is 10.1. The van der Waals surface area contributed by atoms with Gasteiger partial charge in [0.15, 0.2) is 0 Å². The number of benzene rings is 1. The highest BCUT2D eigenvalue weighted by molar-refractivity contribution is 5.87. The minimum Gasteiger partial charge on any atom is -0.466 e. The maximum Gasteiger partial charge on any atom is 0.330 e. The number of β-amino-alcohol motifs (C(OH)–C–C–N with tert-alkyl or cyclic N) is 1. The van der Waals surface area contributed by atoms with E-state index in [1.165, 1.54) is 25.3 Å². The van der Waals surface area contributed by atoms with Crippen LogP contribution in [-0.2, 0) is 9.53 Å². The van der Waals surface area contributed by atoms with Crippen LogP contribution in [0.5, 0.6) is 0 Å². The maximum absolute atomic E-state index is 11.2. The highest BCUT2D eigenvalue weighted by Gasteiger charge is 2.26. The summed E-state index contributed by atoms with van der Waals surface area (Å²) in [6.45, 7) is 0.970. The first-order chi connectivity index (χ1) is 10.0. The van der Waals surface area contributed by atoms with Gasteiger partial charge in [0.2, 0.25) is 0 Å². The molecule has 0 aliphatic carbocycles. The first-order valence-corrected chi connectivity index (χ1v) is 6.48. The normalized spacial score (nSPS) is 18.2. The Bertz CT molecular complexity index is 585. The number of methoxy groups -OCH3 is 1. The summed E-state index contributed by atoms with van der Waals surface area (Å²) in [5.74, 6) is -0.524. The van der Waals surface area contributed by atoms with Crippen molar-refractivity contribution in [1.82, 2.24) is 0 Å². The lowest BCUT2D eigenvalue weighted by Gasteiger charge is -2.17. The number of carbonyl (C=O) groups excluding carboxylic acids is 1. The summed E-state index contributed by atoms with van der Waals surface area (Å²) in [5.41, 5.74) is 0.971. The van der Waals surface area contributed by atoms with Crippen molar-refractivity contribution in [3.63, 3.8) is 0 Å². The van der Waals surface area contributed by atoms with E-state index in [-0.39, 0.29) is 5.69 Å². The summed E-state index contributed by atoms with van der Waals surface area (Å²) in [7, 11) is 1.26. The number of anilines is 1. The fourth-order valence-corrected chi connectivity index (χ4v) is 2.25. The number of carbonyl (C=O) groups is 1. The molecule has 1 heterocycles. The molecular formula is C14H16N2O5. The topological polar surface area (TPSA) is 92.9 Å². The highest BCUT2D eigenvalue weighted by Crippen LogP contribution is 2.32. The molecule has 1 aliphatic heterocycles. The molecule has 1 aliphatic rings. The number of nitrogens with zero attached hydrogens (tertiary/aromatic N) is 2. The van der Waals surface area contributed by atoms with E-state index in [2.05, 4.69) is 4.74 Å². The zero-order chi connectivity index (χ0) is 15.4. The molecule has 0 aromatic heterocycles. The standard InChI is InChI=1S/C14H16N2O5/c1-21-14(18)5-3-10-2-4-12(13(8-10)16(19)20)15-7-6-11(17)9-15/h2-5,8,11,17H,6-7,9H2,1H3/t11-/m0/s1. The van der Waals surface area contributed by atoms with Gasteiger partial charge < -0.3 is 14.7 Å². The monoisotopic (exact) mass is 292 g/mol. The van der Waals surface area contributed by atoms with E-state index in [9.17, 15) is 20.0 Å². The van der Waals surface area contributed by atoms with Gasteiger partial charge in [-0.15, -0.1) is 0 Å². The van der Waals surface area contributed by atoms with E-state index >= 15 is 0 Å². The van der Waals surface area contributed by atoms with Crippen LogP contribution in [0.3, 0.4) is 0 Å². The number of rotatable bonds is 4. The van der Waals surface area contributed by atoms with Crippen LogP contribution in [0.1, 0.15) is 12.0 Å². The van der Waals surface area contributed by atoms with Crippen LogP contribution in [0.2, 0.25) is 0 Å². The van der Waals surface area contributed by atoms with Crippen molar-refractivity contribution < 1.29 is 19.6 Å². The fourth-order valence-electron chi connectivity index (χ4n) is 2.25. The molecule has 1 aromatic rings. The molecule has 2 rings (SSSR count). The molecule has 1 aromatic carbocycles. The number of esters is 1. The van der Waals surface area contributed by atoms with Crippen LogP contribution in [0.25, 0.3) is 6.08 Å². The second-order valence-corrected chi connectivity index (χ2v) is 4.75. The van der Waals surface area contributed by atoms with Crippen molar-refractivity contribution in [3.05, 3.63) is 40.0 Å². The van der Waals surface area contributed by atoms with Gasteiger partial charge in [-0.3, -0.25) is 10.1 Å². The molecule has 0 unspecified atom stereocenters. The predicted molar refractivity (Wildman–Crippen MR) is 77.0 cm³/mol. The molecule has 0 saturated carbocycles. The van der Waals surface area contributed by atoms with E-state index < -0.39 is 17.0 Å². The van der Waals surface area contributed by atoms with E-state index in [4.69, 9.17) is 0 Å². The minimum absolute atomic E-state index is 0.0453. The van der Waals surface area contributed by atoms with Crippen LogP contribution in [0.15, 0.2) is 24.3 Å². The molecular weight excluding hydrogens is 276 g/mol. The Morgan fingerprint density at radius 2 is 2.33 bits per heavy atom. The molecule has 1 atom stereocenters. The van der Waals surface area contributed by atoms with Gasteiger partial charge >= 0.3 is 5.97 Å². The van der Waals surface area contributed by atoms with Crippen LogP contribution in [0, 0.1) is 10.1 Å². The van der Waals surface area contributed by atoms with Gasteiger partial charge in [0.25, 0.3) is 5.69 Å². The fraction of sp³-hybridized carbons (Fsp3) is 0.357. The SMILES string of the molecule is COC(=O)C=Cc1ccc(N2CC[C@H](O)C2)c([N+](=O)[O-])c1. The minimum atomic E-state index is -0.524. The average Bonchev–Trinajstić information content (AvgIpc) is 2.90. The van der Waals surface area contributed by atoms with Crippen LogP contribution in [-0.4, -0.2) is 42.3 Å². The number of aliphatic hydroxyl groups excluding tert-OH is 1. The van der Waals surface area contributed by atoms with Crippen LogP contribution < -0.4 is 4.90 Å². The molecule has 0 amide bonds. The molecule has 7 nitrogen and oxygen atoms in total. The van der Waals surface area contributed by atoms with Crippen molar-refractivity contribution in [2.45, 2.75) is 12.5 Å². The van der Waals surface area contributed by atoms with Crippen molar-refractivity contribution >= 4 is 23.4 Å². The molecule has 1 N–H and O–H groups in total. The van der Waals surface area contributed by atoms with Gasteiger partial charge in [-0.25, -0.2) is 4.79 Å². The molecule has 1 fully saturated rings. The van der Waals surface area contributed by atoms with Gasteiger partial charge in [0, 0.05) is 25.2 Å². The van der Waals surface area contributed by atoms with Gasteiger partial charge in [0.1, 0.15) is 5.69 Å². The number of nitro benzene ring substituents is 1. The number of aliphatic hydroxyl groups is 1. The Kier molecular flexibility index (Phi) is 4.54. The van der Waals surface area contributed by atoms with Crippen molar-refractivity contribution in [2.75, 3.05) is 25.1 Å². The Labute approximate surface area is 121 Å². The lowest BCUT2D eigenvalue weighted by Crippen LogP contribution is -2.22. The zero-order valence-corrected chi connectivity index (χ0v) is 11.6. The third-order valence-electron chi connectivity index (χ3n) is 3.31. The first-order valence-electron chi connectivity index (χ1n) is 6.48. The quantitative estimate of drug-likeness (QED) is 0.390. The molecule has 0 radical (unpaired) electrons. The Morgan fingerprint density at radius 1 is 1.57 bits per heavy atom. The largest absolute Gasteiger partial charge is 0.466 e. The van der Waals surface area contributed by atoms with Gasteiger partial charge in [-0.05, 0) is 24.1 Å². The van der Waals surface area contributed by atoms with Crippen molar-refractivity contribution in [3.8, 4) is 0 Å². The van der Waals surface area contributed by atoms with Crippen molar-refractivity contribution in [1.29, 1.82) is 0 Å². The maximum atomic E-state index is 11.2. The van der Waals surface area contributed by atoms with Crippen LogP contribution in [0.4, 0.5) is 11.4 Å². The Morgan fingerprint density at radius 3 is 2.90 bits per heavy atom.